The Morgan fingerprint density at radius 3 is 2.30 bits per heavy atom. The Kier molecular flexibility index (Phi) is 11.5. The summed E-state index contributed by atoms with van der Waals surface area (Å²) in [6.07, 6.45) is 4.59. The molecule has 2 aliphatic rings. The lowest BCUT2D eigenvalue weighted by molar-refractivity contribution is -0.253. The van der Waals surface area contributed by atoms with Gasteiger partial charge < -0.3 is 24.8 Å². The number of benzene rings is 3. The van der Waals surface area contributed by atoms with Crippen LogP contribution in [0.2, 0.25) is 0 Å². The number of piperidine rings is 1. The lowest BCUT2D eigenvalue weighted by Gasteiger charge is -2.39. The summed E-state index contributed by atoms with van der Waals surface area (Å²) in [5, 5.41) is 21.0. The molecule has 44 heavy (non-hydrogen) atoms. The van der Waals surface area contributed by atoms with Gasteiger partial charge >= 0.3 is 0 Å². The maximum atomic E-state index is 12.2. The number of carbonyl (C=O) groups is 2. The largest absolute Gasteiger partial charge is 0.392 e. The molecule has 9 nitrogen and oxygen atoms in total. The number of amides is 2. The van der Waals surface area contributed by atoms with Crippen LogP contribution in [0.15, 0.2) is 72.8 Å². The Hall–Kier alpha value is -3.60. The quantitative estimate of drug-likeness (QED) is 0.167. The van der Waals surface area contributed by atoms with Gasteiger partial charge in [0, 0.05) is 37.9 Å². The SMILES string of the molecule is O=C(CCCC(=O)NCc1cccc(-c2cccc(C3OC(CN4CCCCC4)CC(c4ccc(CO)cc4)O3)c2)c1)NO. The maximum Gasteiger partial charge on any atom is 0.243 e. The molecule has 0 saturated carbocycles. The Morgan fingerprint density at radius 2 is 1.55 bits per heavy atom. The lowest BCUT2D eigenvalue weighted by Crippen LogP contribution is -2.41. The molecule has 2 aliphatic heterocycles. The van der Waals surface area contributed by atoms with E-state index in [4.69, 9.17) is 14.7 Å². The molecule has 0 spiro atoms. The summed E-state index contributed by atoms with van der Waals surface area (Å²) < 4.78 is 13.2. The van der Waals surface area contributed by atoms with Gasteiger partial charge in [-0.2, -0.15) is 0 Å². The average molecular weight is 602 g/mol. The first-order valence-electron chi connectivity index (χ1n) is 15.6. The normalized spacial score (nSPS) is 20.6. The summed E-state index contributed by atoms with van der Waals surface area (Å²) in [5.41, 5.74) is 7.51. The minimum absolute atomic E-state index is 0.0149. The van der Waals surface area contributed by atoms with Gasteiger partial charge in [0.05, 0.1) is 18.8 Å². The Balaban J connectivity index is 1.28. The van der Waals surface area contributed by atoms with Crippen LogP contribution in [0.25, 0.3) is 11.1 Å². The van der Waals surface area contributed by atoms with Crippen molar-refractivity contribution in [2.75, 3.05) is 19.6 Å². The molecule has 2 heterocycles. The zero-order valence-electron chi connectivity index (χ0n) is 25.1. The summed E-state index contributed by atoms with van der Waals surface area (Å²) in [5.74, 6) is -0.643. The standard InChI is InChI=1S/C35H43N3O6/c39-24-25-13-15-27(16-14-25)32-21-31(23-38-17-2-1-3-18-38)43-35(44-32)30-10-5-9-29(20-30)28-8-4-7-26(19-28)22-36-33(40)11-6-12-34(41)37-42/h4-5,7-10,13-16,19-20,31-32,35,39,42H,1-3,6,11-12,17-18,21-24H2,(H,36,40)(H,37,41). The molecule has 234 valence electrons. The van der Waals surface area contributed by atoms with E-state index in [9.17, 15) is 14.7 Å². The third-order valence-electron chi connectivity index (χ3n) is 8.37. The van der Waals surface area contributed by atoms with Gasteiger partial charge in [-0.3, -0.25) is 14.8 Å². The van der Waals surface area contributed by atoms with E-state index in [0.29, 0.717) is 13.0 Å². The van der Waals surface area contributed by atoms with Crippen molar-refractivity contribution in [1.82, 2.24) is 15.7 Å². The molecule has 3 atom stereocenters. The number of nitrogens with one attached hydrogen (secondary N) is 2. The van der Waals surface area contributed by atoms with Crippen LogP contribution >= 0.6 is 0 Å². The Morgan fingerprint density at radius 1 is 0.818 bits per heavy atom. The first-order chi connectivity index (χ1) is 21.5. The molecule has 5 rings (SSSR count). The van der Waals surface area contributed by atoms with Gasteiger partial charge in [-0.15, -0.1) is 0 Å². The van der Waals surface area contributed by atoms with Crippen LogP contribution in [-0.4, -0.2) is 52.8 Å². The molecule has 2 saturated heterocycles. The number of hydroxylamine groups is 1. The van der Waals surface area contributed by atoms with Gasteiger partial charge in [0.2, 0.25) is 11.8 Å². The number of aliphatic hydroxyl groups is 1. The van der Waals surface area contributed by atoms with E-state index >= 15 is 0 Å². The minimum Gasteiger partial charge on any atom is -0.392 e. The predicted octanol–water partition coefficient (Wildman–Crippen LogP) is 5.17. The minimum atomic E-state index is -0.517. The zero-order chi connectivity index (χ0) is 30.7. The van der Waals surface area contributed by atoms with Gasteiger partial charge in [-0.25, -0.2) is 5.48 Å². The van der Waals surface area contributed by atoms with Crippen molar-refractivity contribution in [1.29, 1.82) is 0 Å². The molecule has 4 N–H and O–H groups in total. The monoisotopic (exact) mass is 601 g/mol. The van der Waals surface area contributed by atoms with Crippen LogP contribution in [0.1, 0.15) is 79.6 Å². The number of nitrogens with zero attached hydrogens (tertiary/aromatic N) is 1. The van der Waals surface area contributed by atoms with Crippen molar-refractivity contribution in [3.05, 3.63) is 95.1 Å². The molecule has 3 aromatic rings. The van der Waals surface area contributed by atoms with Crippen molar-refractivity contribution in [2.45, 2.75) is 76.6 Å². The molecule has 3 aromatic carbocycles. The van der Waals surface area contributed by atoms with Crippen LogP contribution in [0.3, 0.4) is 0 Å². The summed E-state index contributed by atoms with van der Waals surface area (Å²) in [6.45, 7) is 3.49. The zero-order valence-corrected chi connectivity index (χ0v) is 25.1. The van der Waals surface area contributed by atoms with Crippen molar-refractivity contribution in [3.63, 3.8) is 0 Å². The van der Waals surface area contributed by atoms with E-state index in [2.05, 4.69) is 28.4 Å². The molecule has 9 heteroatoms. The highest BCUT2D eigenvalue weighted by molar-refractivity contribution is 5.78. The molecule has 3 unspecified atom stereocenters. The Labute approximate surface area is 259 Å². The number of hydrogen-bond acceptors (Lipinski definition) is 7. The van der Waals surface area contributed by atoms with Crippen molar-refractivity contribution in [3.8, 4) is 11.1 Å². The number of aliphatic hydroxyl groups excluding tert-OH is 1. The van der Waals surface area contributed by atoms with Crippen LogP contribution in [-0.2, 0) is 32.2 Å². The van der Waals surface area contributed by atoms with Gasteiger partial charge in [0.15, 0.2) is 6.29 Å². The van der Waals surface area contributed by atoms with Gasteiger partial charge in [-0.05, 0) is 72.3 Å². The van der Waals surface area contributed by atoms with Crippen LogP contribution in [0.5, 0.6) is 0 Å². The van der Waals surface area contributed by atoms with E-state index in [1.165, 1.54) is 19.3 Å². The van der Waals surface area contributed by atoms with Gasteiger partial charge in [0.25, 0.3) is 0 Å². The first kappa shape index (κ1) is 31.8. The summed E-state index contributed by atoms with van der Waals surface area (Å²) in [6, 6.07) is 24.3. The van der Waals surface area contributed by atoms with E-state index in [-0.39, 0.29) is 37.6 Å². The molecule has 2 fully saturated rings. The fourth-order valence-corrected chi connectivity index (χ4v) is 5.94. The summed E-state index contributed by atoms with van der Waals surface area (Å²) in [7, 11) is 0. The smallest absolute Gasteiger partial charge is 0.243 e. The van der Waals surface area contributed by atoms with Crippen LogP contribution < -0.4 is 10.8 Å². The van der Waals surface area contributed by atoms with E-state index in [0.717, 1.165) is 59.4 Å². The fourth-order valence-electron chi connectivity index (χ4n) is 5.94. The lowest BCUT2D eigenvalue weighted by atomic mass is 9.98. The van der Waals surface area contributed by atoms with Crippen molar-refractivity contribution < 1.29 is 29.4 Å². The molecule has 0 radical (unpaired) electrons. The third-order valence-corrected chi connectivity index (χ3v) is 8.37. The third kappa shape index (κ3) is 8.97. The maximum absolute atomic E-state index is 12.2. The van der Waals surface area contributed by atoms with E-state index < -0.39 is 12.2 Å². The second-order valence-corrected chi connectivity index (χ2v) is 11.7. The van der Waals surface area contributed by atoms with E-state index in [1.807, 2.05) is 54.6 Å². The second kappa shape index (κ2) is 15.9. The molecular formula is C35H43N3O6. The number of carbonyl (C=O) groups excluding carboxylic acids is 2. The number of ether oxygens (including phenoxy) is 2. The van der Waals surface area contributed by atoms with Gasteiger partial charge in [0.1, 0.15) is 0 Å². The molecule has 2 amide bonds. The topological polar surface area (TPSA) is 120 Å². The Bertz CT molecular complexity index is 1370. The molecule has 0 aromatic heterocycles. The predicted molar refractivity (Wildman–Crippen MR) is 166 cm³/mol. The fraction of sp³-hybridized carbons (Fsp3) is 0.429. The molecule has 0 bridgehead atoms. The second-order valence-electron chi connectivity index (χ2n) is 11.7. The van der Waals surface area contributed by atoms with Crippen molar-refractivity contribution >= 4 is 11.8 Å². The highest BCUT2D eigenvalue weighted by atomic mass is 16.7. The highest BCUT2D eigenvalue weighted by Gasteiger charge is 2.33. The summed E-state index contributed by atoms with van der Waals surface area (Å²) >= 11 is 0. The molecule has 0 aliphatic carbocycles. The number of likely N-dealkylation sites (tertiary alicyclic amines) is 1. The summed E-state index contributed by atoms with van der Waals surface area (Å²) in [4.78, 5) is 25.9. The van der Waals surface area contributed by atoms with E-state index in [1.54, 1.807) is 5.48 Å². The van der Waals surface area contributed by atoms with Crippen LogP contribution in [0, 0.1) is 0 Å². The van der Waals surface area contributed by atoms with Crippen LogP contribution in [0.4, 0.5) is 0 Å². The van der Waals surface area contributed by atoms with Gasteiger partial charge in [-0.1, -0.05) is 67.1 Å². The highest BCUT2D eigenvalue weighted by Crippen LogP contribution is 2.39. The number of rotatable bonds is 12. The number of hydrogen-bond donors (Lipinski definition) is 4. The first-order valence-corrected chi connectivity index (χ1v) is 15.6. The van der Waals surface area contributed by atoms with Crippen molar-refractivity contribution in [2.24, 2.45) is 0 Å². The average Bonchev–Trinajstić information content (AvgIpc) is 3.08. The molecular weight excluding hydrogens is 558 g/mol.